The quantitative estimate of drug-likeness (QED) is 0.667. The van der Waals surface area contributed by atoms with Gasteiger partial charge in [-0.05, 0) is 61.1 Å². The molecule has 0 radical (unpaired) electrons. The lowest BCUT2D eigenvalue weighted by Gasteiger charge is -2.36. The summed E-state index contributed by atoms with van der Waals surface area (Å²) in [6.45, 7) is 5.66. The van der Waals surface area contributed by atoms with Gasteiger partial charge in [0, 0.05) is 35.8 Å². The molecule has 0 spiro atoms. The van der Waals surface area contributed by atoms with E-state index in [0.717, 1.165) is 0 Å². The molecule has 2 aromatic carbocycles. The van der Waals surface area contributed by atoms with E-state index in [1.165, 1.54) is 0 Å². The molecule has 2 N–H and O–H groups in total. The van der Waals surface area contributed by atoms with Crippen molar-refractivity contribution in [2.45, 2.75) is 32.7 Å². The fourth-order valence-corrected chi connectivity index (χ4v) is 3.96. The van der Waals surface area contributed by atoms with Crippen LogP contribution in [-0.2, 0) is 4.79 Å². The third kappa shape index (κ3) is 6.33. The zero-order valence-corrected chi connectivity index (χ0v) is 19.3. The van der Waals surface area contributed by atoms with Gasteiger partial charge >= 0.3 is 0 Å². The third-order valence-electron chi connectivity index (χ3n) is 5.68. The van der Waals surface area contributed by atoms with E-state index in [0.29, 0.717) is 54.5 Å². The molecule has 3 amide bonds. The molecule has 1 aliphatic rings. The molecule has 0 aliphatic carbocycles. The summed E-state index contributed by atoms with van der Waals surface area (Å²) >= 11 is 5.92. The van der Waals surface area contributed by atoms with Gasteiger partial charge in [-0.2, -0.15) is 0 Å². The predicted octanol–water partition coefficient (Wildman–Crippen LogP) is 3.76. The van der Waals surface area contributed by atoms with Crippen LogP contribution >= 0.6 is 11.6 Å². The molecular weight excluding hydrogens is 426 g/mol. The van der Waals surface area contributed by atoms with E-state index in [-0.39, 0.29) is 23.6 Å². The van der Waals surface area contributed by atoms with E-state index < -0.39 is 6.04 Å². The second kappa shape index (κ2) is 11.1. The maximum Gasteiger partial charge on any atom is 0.253 e. The molecule has 3 rings (SSSR count). The molecule has 1 aliphatic heterocycles. The van der Waals surface area contributed by atoms with Crippen LogP contribution in [0.15, 0.2) is 54.6 Å². The molecule has 6 nitrogen and oxygen atoms in total. The summed E-state index contributed by atoms with van der Waals surface area (Å²) in [6.07, 6.45) is 1.27. The Labute approximate surface area is 194 Å². The van der Waals surface area contributed by atoms with E-state index in [2.05, 4.69) is 10.6 Å². The Morgan fingerprint density at radius 1 is 0.969 bits per heavy atom. The first-order valence-electron chi connectivity index (χ1n) is 11.0. The lowest BCUT2D eigenvalue weighted by atomic mass is 9.88. The number of amides is 3. The monoisotopic (exact) mass is 455 g/mol. The Morgan fingerprint density at radius 2 is 1.59 bits per heavy atom. The zero-order chi connectivity index (χ0) is 23.1. The number of carbonyl (C=O) groups excluding carboxylic acids is 3. The summed E-state index contributed by atoms with van der Waals surface area (Å²) in [7, 11) is 0. The van der Waals surface area contributed by atoms with Crippen molar-refractivity contribution in [3.8, 4) is 0 Å². The normalized spacial score (nSPS) is 15.3. The number of benzene rings is 2. The Hall–Kier alpha value is -2.86. The van der Waals surface area contributed by atoms with Crippen LogP contribution in [0.5, 0.6) is 0 Å². The van der Waals surface area contributed by atoms with Crippen LogP contribution < -0.4 is 10.6 Å². The zero-order valence-electron chi connectivity index (χ0n) is 18.5. The van der Waals surface area contributed by atoms with Crippen molar-refractivity contribution in [1.29, 1.82) is 0 Å². The number of likely N-dealkylation sites (tertiary alicyclic amines) is 1. The SMILES string of the molecule is CC(C)CNC(=O)C(NC(=O)c1ccccc1)C1CCN(C(=O)c2ccc(Cl)cc2)CC1. The number of piperidine rings is 1. The first-order valence-corrected chi connectivity index (χ1v) is 11.4. The summed E-state index contributed by atoms with van der Waals surface area (Å²) in [4.78, 5) is 40.3. The maximum absolute atomic E-state index is 13.0. The van der Waals surface area contributed by atoms with Crippen molar-refractivity contribution in [3.63, 3.8) is 0 Å². The number of halogens is 1. The smallest absolute Gasteiger partial charge is 0.253 e. The van der Waals surface area contributed by atoms with Crippen molar-refractivity contribution in [2.75, 3.05) is 19.6 Å². The van der Waals surface area contributed by atoms with E-state index in [4.69, 9.17) is 11.6 Å². The lowest BCUT2D eigenvalue weighted by molar-refractivity contribution is -0.124. The van der Waals surface area contributed by atoms with Gasteiger partial charge in [0.2, 0.25) is 5.91 Å². The Morgan fingerprint density at radius 3 is 2.19 bits per heavy atom. The highest BCUT2D eigenvalue weighted by atomic mass is 35.5. The van der Waals surface area contributed by atoms with Gasteiger partial charge in [0.15, 0.2) is 0 Å². The van der Waals surface area contributed by atoms with Gasteiger partial charge in [-0.3, -0.25) is 14.4 Å². The molecule has 170 valence electrons. The number of rotatable bonds is 7. The molecule has 0 aromatic heterocycles. The van der Waals surface area contributed by atoms with Crippen molar-refractivity contribution in [3.05, 3.63) is 70.7 Å². The van der Waals surface area contributed by atoms with E-state index in [9.17, 15) is 14.4 Å². The molecule has 7 heteroatoms. The minimum Gasteiger partial charge on any atom is -0.354 e. The number of nitrogens with one attached hydrogen (secondary N) is 2. The molecule has 32 heavy (non-hydrogen) atoms. The van der Waals surface area contributed by atoms with Crippen LogP contribution in [0.4, 0.5) is 0 Å². The lowest BCUT2D eigenvalue weighted by Crippen LogP contribution is -2.54. The summed E-state index contributed by atoms with van der Waals surface area (Å²) in [5, 5.41) is 6.48. The van der Waals surface area contributed by atoms with Gasteiger partial charge in [-0.1, -0.05) is 43.6 Å². The van der Waals surface area contributed by atoms with Gasteiger partial charge in [0.25, 0.3) is 11.8 Å². The van der Waals surface area contributed by atoms with Gasteiger partial charge in [0.1, 0.15) is 6.04 Å². The number of hydrogen-bond acceptors (Lipinski definition) is 3. The summed E-state index contributed by atoms with van der Waals surface area (Å²) in [6, 6.07) is 15.1. The summed E-state index contributed by atoms with van der Waals surface area (Å²) < 4.78 is 0. The van der Waals surface area contributed by atoms with Gasteiger partial charge in [-0.25, -0.2) is 0 Å². The van der Waals surface area contributed by atoms with Crippen LogP contribution in [0, 0.1) is 11.8 Å². The minimum atomic E-state index is -0.644. The van der Waals surface area contributed by atoms with Gasteiger partial charge in [-0.15, -0.1) is 0 Å². The van der Waals surface area contributed by atoms with Crippen molar-refractivity contribution < 1.29 is 14.4 Å². The number of hydrogen-bond donors (Lipinski definition) is 2. The van der Waals surface area contributed by atoms with Gasteiger partial charge in [0.05, 0.1) is 0 Å². The van der Waals surface area contributed by atoms with Crippen molar-refractivity contribution >= 4 is 29.3 Å². The average molecular weight is 456 g/mol. The predicted molar refractivity (Wildman–Crippen MR) is 126 cm³/mol. The molecule has 1 atom stereocenters. The van der Waals surface area contributed by atoms with E-state index >= 15 is 0 Å². The van der Waals surface area contributed by atoms with Crippen molar-refractivity contribution in [2.24, 2.45) is 11.8 Å². The van der Waals surface area contributed by atoms with Gasteiger partial charge < -0.3 is 15.5 Å². The summed E-state index contributed by atoms with van der Waals surface area (Å²) in [5.74, 6) is -0.234. The number of nitrogens with zero attached hydrogens (tertiary/aromatic N) is 1. The number of carbonyl (C=O) groups is 3. The summed E-state index contributed by atoms with van der Waals surface area (Å²) in [5.41, 5.74) is 1.11. The standard InChI is InChI=1S/C25H30ClN3O3/c1-17(2)16-27-24(31)22(28-23(30)19-6-4-3-5-7-19)18-12-14-29(15-13-18)25(32)20-8-10-21(26)11-9-20/h3-11,17-18,22H,12-16H2,1-2H3,(H,27,31)(H,28,30). The maximum atomic E-state index is 13.0. The Balaban J connectivity index is 1.67. The van der Waals surface area contributed by atoms with Crippen LogP contribution in [0.2, 0.25) is 5.02 Å². The van der Waals surface area contributed by atoms with Crippen LogP contribution in [0.1, 0.15) is 47.4 Å². The van der Waals surface area contributed by atoms with Crippen LogP contribution in [0.25, 0.3) is 0 Å². The fourth-order valence-electron chi connectivity index (χ4n) is 3.84. The fraction of sp³-hybridized carbons (Fsp3) is 0.400. The average Bonchev–Trinajstić information content (AvgIpc) is 2.81. The Bertz CT molecular complexity index is 923. The molecule has 1 fully saturated rings. The molecule has 0 saturated carbocycles. The van der Waals surface area contributed by atoms with E-state index in [1.54, 1.807) is 53.4 Å². The molecule has 2 aromatic rings. The highest BCUT2D eigenvalue weighted by molar-refractivity contribution is 6.30. The second-order valence-electron chi connectivity index (χ2n) is 8.59. The van der Waals surface area contributed by atoms with Crippen LogP contribution in [0.3, 0.4) is 0 Å². The first-order chi connectivity index (χ1) is 15.3. The minimum absolute atomic E-state index is 0.0470. The highest BCUT2D eigenvalue weighted by Crippen LogP contribution is 2.23. The first kappa shape index (κ1) is 23.8. The molecule has 1 unspecified atom stereocenters. The Kier molecular flexibility index (Phi) is 8.28. The highest BCUT2D eigenvalue weighted by Gasteiger charge is 2.34. The molecule has 1 heterocycles. The third-order valence-corrected chi connectivity index (χ3v) is 5.93. The van der Waals surface area contributed by atoms with Crippen molar-refractivity contribution in [1.82, 2.24) is 15.5 Å². The molecular formula is C25H30ClN3O3. The topological polar surface area (TPSA) is 78.5 Å². The second-order valence-corrected chi connectivity index (χ2v) is 9.03. The largest absolute Gasteiger partial charge is 0.354 e. The van der Waals surface area contributed by atoms with E-state index in [1.807, 2.05) is 19.9 Å². The van der Waals surface area contributed by atoms with Crippen LogP contribution in [-0.4, -0.2) is 48.3 Å². The molecule has 0 bridgehead atoms. The molecule has 1 saturated heterocycles.